The molecule has 6 heteroatoms. The Hall–Kier alpha value is 0.0900. The summed E-state index contributed by atoms with van der Waals surface area (Å²) in [5.41, 5.74) is 0.108. The Morgan fingerprint density at radius 2 is 2.20 bits per heavy atom. The van der Waals surface area contributed by atoms with Gasteiger partial charge in [-0.1, -0.05) is 13.8 Å². The van der Waals surface area contributed by atoms with Gasteiger partial charge in [0.25, 0.3) is 10.0 Å². The average Bonchev–Trinajstić information content (AvgIpc) is 2.53. The maximum atomic E-state index is 11.9. The SMILES string of the molecule is CC1(C)CC1NS(=O)(=O)c1sccc1Br. The van der Waals surface area contributed by atoms with E-state index in [1.54, 1.807) is 11.4 Å². The summed E-state index contributed by atoms with van der Waals surface area (Å²) in [5, 5.41) is 1.76. The molecule has 0 amide bonds. The monoisotopic (exact) mass is 309 g/mol. The number of nitrogens with one attached hydrogen (secondary N) is 1. The smallest absolute Gasteiger partial charge is 0.207 e. The van der Waals surface area contributed by atoms with Crippen molar-refractivity contribution in [3.63, 3.8) is 0 Å². The molecule has 1 saturated carbocycles. The molecule has 1 fully saturated rings. The molecule has 1 heterocycles. The van der Waals surface area contributed by atoms with E-state index in [0.717, 1.165) is 6.42 Å². The summed E-state index contributed by atoms with van der Waals surface area (Å²) in [6.45, 7) is 4.12. The Bertz CT molecular complexity index is 478. The molecule has 1 aromatic heterocycles. The van der Waals surface area contributed by atoms with Crippen LogP contribution in [0.2, 0.25) is 0 Å². The lowest BCUT2D eigenvalue weighted by Gasteiger charge is -2.06. The summed E-state index contributed by atoms with van der Waals surface area (Å²) in [4.78, 5) is 0. The quantitative estimate of drug-likeness (QED) is 0.933. The van der Waals surface area contributed by atoms with Gasteiger partial charge < -0.3 is 0 Å². The number of sulfonamides is 1. The molecule has 1 N–H and O–H groups in total. The molecule has 84 valence electrons. The Morgan fingerprint density at radius 1 is 1.60 bits per heavy atom. The van der Waals surface area contributed by atoms with Gasteiger partial charge in [0, 0.05) is 10.5 Å². The second kappa shape index (κ2) is 3.55. The van der Waals surface area contributed by atoms with Gasteiger partial charge in [-0.25, -0.2) is 13.1 Å². The number of thiophene rings is 1. The van der Waals surface area contributed by atoms with Crippen molar-refractivity contribution in [2.45, 2.75) is 30.5 Å². The molecule has 1 aliphatic carbocycles. The Kier molecular flexibility index (Phi) is 2.74. The second-order valence-electron chi connectivity index (χ2n) is 4.42. The van der Waals surface area contributed by atoms with Crippen LogP contribution in [0, 0.1) is 5.41 Å². The summed E-state index contributed by atoms with van der Waals surface area (Å²) in [6, 6.07) is 1.83. The zero-order valence-corrected chi connectivity index (χ0v) is 11.7. The summed E-state index contributed by atoms with van der Waals surface area (Å²) >= 11 is 4.46. The molecular formula is C9H12BrNO2S2. The first-order valence-electron chi connectivity index (χ1n) is 4.58. The highest BCUT2D eigenvalue weighted by molar-refractivity contribution is 9.10. The van der Waals surface area contributed by atoms with Crippen molar-refractivity contribution >= 4 is 37.3 Å². The molecule has 1 aromatic rings. The van der Waals surface area contributed by atoms with Crippen molar-refractivity contribution in [2.75, 3.05) is 0 Å². The molecule has 3 nitrogen and oxygen atoms in total. The van der Waals surface area contributed by atoms with Gasteiger partial charge in [0.2, 0.25) is 0 Å². The molecule has 1 atom stereocenters. The molecule has 0 saturated heterocycles. The van der Waals surface area contributed by atoms with Crippen LogP contribution in [0.1, 0.15) is 20.3 Å². The lowest BCUT2D eigenvalue weighted by molar-refractivity contribution is 0.556. The first kappa shape index (κ1) is 11.6. The van der Waals surface area contributed by atoms with E-state index in [0.29, 0.717) is 8.68 Å². The van der Waals surface area contributed by atoms with Crippen LogP contribution in [0.15, 0.2) is 20.1 Å². The molecule has 0 aromatic carbocycles. The number of hydrogen-bond donors (Lipinski definition) is 1. The fraction of sp³-hybridized carbons (Fsp3) is 0.556. The van der Waals surface area contributed by atoms with Gasteiger partial charge in [-0.05, 0) is 39.2 Å². The Balaban J connectivity index is 2.19. The predicted molar refractivity (Wildman–Crippen MR) is 64.5 cm³/mol. The predicted octanol–water partition coefficient (Wildman–Crippen LogP) is 2.59. The minimum Gasteiger partial charge on any atom is -0.207 e. The van der Waals surface area contributed by atoms with E-state index in [1.807, 2.05) is 0 Å². The van der Waals surface area contributed by atoms with Crippen LogP contribution in [0.4, 0.5) is 0 Å². The zero-order chi connectivity index (χ0) is 11.3. The van der Waals surface area contributed by atoms with E-state index in [2.05, 4.69) is 34.5 Å². The van der Waals surface area contributed by atoms with E-state index in [-0.39, 0.29) is 11.5 Å². The van der Waals surface area contributed by atoms with Crippen LogP contribution in [0.25, 0.3) is 0 Å². The van der Waals surface area contributed by atoms with E-state index < -0.39 is 10.0 Å². The van der Waals surface area contributed by atoms with Crippen molar-refractivity contribution in [3.8, 4) is 0 Å². The molecule has 15 heavy (non-hydrogen) atoms. The van der Waals surface area contributed by atoms with Gasteiger partial charge in [-0.3, -0.25) is 0 Å². The van der Waals surface area contributed by atoms with Crippen LogP contribution < -0.4 is 4.72 Å². The third-order valence-corrected chi connectivity index (χ3v) is 6.78. The molecule has 1 unspecified atom stereocenters. The first-order chi connectivity index (χ1) is 6.83. The van der Waals surface area contributed by atoms with Crippen LogP contribution in [-0.4, -0.2) is 14.5 Å². The lowest BCUT2D eigenvalue weighted by atomic mass is 10.2. The number of hydrogen-bond acceptors (Lipinski definition) is 3. The van der Waals surface area contributed by atoms with Crippen molar-refractivity contribution in [1.82, 2.24) is 4.72 Å². The minimum absolute atomic E-state index is 0.0801. The van der Waals surface area contributed by atoms with E-state index >= 15 is 0 Å². The van der Waals surface area contributed by atoms with Crippen LogP contribution in [-0.2, 0) is 10.0 Å². The molecular weight excluding hydrogens is 298 g/mol. The highest BCUT2D eigenvalue weighted by Crippen LogP contribution is 2.45. The van der Waals surface area contributed by atoms with Crippen LogP contribution in [0.5, 0.6) is 0 Å². The molecule has 0 aliphatic heterocycles. The Morgan fingerprint density at radius 3 is 2.60 bits per heavy atom. The molecule has 1 aliphatic rings. The van der Waals surface area contributed by atoms with Crippen LogP contribution in [0.3, 0.4) is 0 Å². The average molecular weight is 310 g/mol. The van der Waals surface area contributed by atoms with Crippen molar-refractivity contribution in [1.29, 1.82) is 0 Å². The maximum absolute atomic E-state index is 11.9. The molecule has 0 radical (unpaired) electrons. The first-order valence-corrected chi connectivity index (χ1v) is 7.74. The number of rotatable bonds is 3. The third-order valence-electron chi connectivity index (χ3n) is 2.64. The van der Waals surface area contributed by atoms with Crippen LogP contribution >= 0.6 is 27.3 Å². The highest BCUT2D eigenvalue weighted by Gasteiger charge is 2.48. The van der Waals surface area contributed by atoms with Gasteiger partial charge in [-0.15, -0.1) is 11.3 Å². The van der Waals surface area contributed by atoms with E-state index in [9.17, 15) is 8.42 Å². The topological polar surface area (TPSA) is 46.2 Å². The van der Waals surface area contributed by atoms with Crippen molar-refractivity contribution in [2.24, 2.45) is 5.41 Å². The van der Waals surface area contributed by atoms with Gasteiger partial charge in [0.1, 0.15) is 4.21 Å². The van der Waals surface area contributed by atoms with Gasteiger partial charge >= 0.3 is 0 Å². The fourth-order valence-electron chi connectivity index (χ4n) is 1.38. The summed E-state index contributed by atoms with van der Waals surface area (Å²) < 4.78 is 27.6. The second-order valence-corrected chi connectivity index (χ2v) is 8.10. The zero-order valence-electron chi connectivity index (χ0n) is 8.45. The maximum Gasteiger partial charge on any atom is 0.251 e. The largest absolute Gasteiger partial charge is 0.251 e. The summed E-state index contributed by atoms with van der Waals surface area (Å²) in [6.07, 6.45) is 0.912. The number of halogens is 1. The minimum atomic E-state index is -3.33. The Labute approximate surface area is 102 Å². The fourth-order valence-corrected chi connectivity index (χ4v) is 5.14. The lowest BCUT2D eigenvalue weighted by Crippen LogP contribution is -2.28. The normalized spacial score (nSPS) is 24.1. The van der Waals surface area contributed by atoms with Gasteiger partial charge in [0.05, 0.1) is 0 Å². The van der Waals surface area contributed by atoms with E-state index in [1.165, 1.54) is 11.3 Å². The van der Waals surface area contributed by atoms with E-state index in [4.69, 9.17) is 0 Å². The molecule has 0 bridgehead atoms. The molecule has 0 spiro atoms. The van der Waals surface area contributed by atoms with Gasteiger partial charge in [0.15, 0.2) is 0 Å². The highest BCUT2D eigenvalue weighted by atomic mass is 79.9. The van der Waals surface area contributed by atoms with Crippen molar-refractivity contribution in [3.05, 3.63) is 15.9 Å². The molecule has 2 rings (SSSR count). The van der Waals surface area contributed by atoms with Crippen molar-refractivity contribution < 1.29 is 8.42 Å². The third kappa shape index (κ3) is 2.27. The standard InChI is InChI=1S/C9H12BrNO2S2/c1-9(2)5-7(9)11-15(12,13)8-6(10)3-4-14-8/h3-4,7,11H,5H2,1-2H3. The van der Waals surface area contributed by atoms with Gasteiger partial charge in [-0.2, -0.15) is 0 Å². The summed E-state index contributed by atoms with van der Waals surface area (Å²) in [7, 11) is -3.33. The summed E-state index contributed by atoms with van der Waals surface area (Å²) in [5.74, 6) is 0.